The van der Waals surface area contributed by atoms with Gasteiger partial charge in [-0.3, -0.25) is 0 Å². The number of rotatable bonds is 3. The lowest BCUT2D eigenvalue weighted by Gasteiger charge is -2.24. The van der Waals surface area contributed by atoms with Gasteiger partial charge in [0.05, 0.1) is 17.7 Å². The highest BCUT2D eigenvalue weighted by Crippen LogP contribution is 2.33. The van der Waals surface area contributed by atoms with Crippen LogP contribution in [0.1, 0.15) is 29.7 Å². The van der Waals surface area contributed by atoms with E-state index in [1.165, 1.54) is 6.07 Å². The van der Waals surface area contributed by atoms with Crippen molar-refractivity contribution in [3.8, 4) is 6.07 Å². The number of hydrogen-bond acceptors (Lipinski definition) is 3. The number of nitrogens with zero attached hydrogens (tertiary/aromatic N) is 2. The predicted molar refractivity (Wildman–Crippen MR) is 81.0 cm³/mol. The van der Waals surface area contributed by atoms with E-state index in [0.717, 1.165) is 11.4 Å². The van der Waals surface area contributed by atoms with Gasteiger partial charge in [-0.15, -0.1) is 0 Å². The Bertz CT molecular complexity index is 704. The second-order valence-electron chi connectivity index (χ2n) is 5.06. The molecule has 2 rings (SSSR count). The fraction of sp³-hybridized carbons (Fsp3) is 0.235. The summed E-state index contributed by atoms with van der Waals surface area (Å²) in [6.07, 6.45) is -0.781. The first-order valence-electron chi connectivity index (χ1n) is 6.66. The maximum absolute atomic E-state index is 13.7. The van der Waals surface area contributed by atoms with Gasteiger partial charge in [0.2, 0.25) is 0 Å². The van der Waals surface area contributed by atoms with Gasteiger partial charge >= 0.3 is 0 Å². The second-order valence-corrected chi connectivity index (χ2v) is 5.06. The number of anilines is 2. The molecule has 2 aromatic rings. The molecule has 3 nitrogen and oxygen atoms in total. The number of benzene rings is 2. The van der Waals surface area contributed by atoms with E-state index in [9.17, 15) is 9.50 Å². The molecule has 1 N–H and O–H groups in total. The van der Waals surface area contributed by atoms with Gasteiger partial charge in [0.15, 0.2) is 0 Å². The Balaban J connectivity index is 2.54. The first-order chi connectivity index (χ1) is 9.93. The van der Waals surface area contributed by atoms with Crippen LogP contribution >= 0.6 is 0 Å². The summed E-state index contributed by atoms with van der Waals surface area (Å²) in [5.74, 6) is -0.339. The largest absolute Gasteiger partial charge is 0.389 e. The summed E-state index contributed by atoms with van der Waals surface area (Å²) in [7, 11) is 1.83. The lowest BCUT2D eigenvalue weighted by Crippen LogP contribution is -2.14. The number of aryl methyl sites for hydroxylation is 1. The summed E-state index contributed by atoms with van der Waals surface area (Å²) in [4.78, 5) is 1.84. The fourth-order valence-corrected chi connectivity index (χ4v) is 2.23. The lowest BCUT2D eigenvalue weighted by atomic mass is 10.0. The van der Waals surface area contributed by atoms with E-state index in [4.69, 9.17) is 5.26 Å². The van der Waals surface area contributed by atoms with Crippen molar-refractivity contribution in [1.29, 1.82) is 5.26 Å². The van der Waals surface area contributed by atoms with Crippen LogP contribution in [0.25, 0.3) is 0 Å². The molecule has 0 saturated carbocycles. The monoisotopic (exact) mass is 284 g/mol. The molecule has 0 unspecified atom stereocenters. The second kappa shape index (κ2) is 5.94. The summed E-state index contributed by atoms with van der Waals surface area (Å²) in [5, 5.41) is 18.9. The summed E-state index contributed by atoms with van der Waals surface area (Å²) < 4.78 is 13.7. The zero-order valence-electron chi connectivity index (χ0n) is 12.3. The molecule has 4 heteroatoms. The lowest BCUT2D eigenvalue weighted by molar-refractivity contribution is 0.199. The minimum absolute atomic E-state index is 0.339. The molecule has 0 spiro atoms. The highest BCUT2D eigenvalue weighted by Gasteiger charge is 2.16. The number of nitriles is 1. The third kappa shape index (κ3) is 3.04. The van der Waals surface area contributed by atoms with Gasteiger partial charge < -0.3 is 10.0 Å². The van der Waals surface area contributed by atoms with Crippen molar-refractivity contribution in [2.45, 2.75) is 20.0 Å². The molecule has 0 radical (unpaired) electrons. The molecule has 2 aromatic carbocycles. The molecule has 0 aromatic heterocycles. The van der Waals surface area contributed by atoms with Crippen molar-refractivity contribution in [2.24, 2.45) is 0 Å². The number of hydrogen-bond donors (Lipinski definition) is 1. The normalized spacial score (nSPS) is 11.8. The van der Waals surface area contributed by atoms with Crippen LogP contribution in [0.4, 0.5) is 15.8 Å². The van der Waals surface area contributed by atoms with E-state index in [2.05, 4.69) is 6.07 Å². The smallest absolute Gasteiger partial charge is 0.126 e. The Kier molecular flexibility index (Phi) is 4.25. The first kappa shape index (κ1) is 15.0. The summed E-state index contributed by atoms with van der Waals surface area (Å²) in [6, 6.07) is 12.3. The molecule has 0 fully saturated rings. The third-order valence-corrected chi connectivity index (χ3v) is 3.48. The zero-order valence-corrected chi connectivity index (χ0v) is 12.3. The van der Waals surface area contributed by atoms with Crippen LogP contribution in [0, 0.1) is 24.1 Å². The van der Waals surface area contributed by atoms with E-state index in [1.807, 2.05) is 18.0 Å². The predicted octanol–water partition coefficient (Wildman–Crippen LogP) is 3.83. The number of aliphatic hydroxyl groups excluding tert-OH is 1. The van der Waals surface area contributed by atoms with Crippen molar-refractivity contribution in [3.63, 3.8) is 0 Å². The van der Waals surface area contributed by atoms with Crippen molar-refractivity contribution >= 4 is 11.4 Å². The standard InChI is InChI=1S/C17H17FN2O/c1-11-7-17(15(12(2)21)9-16(11)18)20(3)14-6-4-5-13(8-14)10-19/h4-9,12,21H,1-3H3/t12-/m1/s1. The number of aliphatic hydroxyl groups is 1. The SMILES string of the molecule is Cc1cc(N(C)c2cccc(C#N)c2)c([C@@H](C)O)cc1F. The third-order valence-electron chi connectivity index (χ3n) is 3.48. The van der Waals surface area contributed by atoms with Crippen LogP contribution in [0.3, 0.4) is 0 Å². The minimum atomic E-state index is -0.781. The molecule has 0 bridgehead atoms. The topological polar surface area (TPSA) is 47.3 Å². The van der Waals surface area contributed by atoms with Gasteiger partial charge in [0.25, 0.3) is 0 Å². The summed E-state index contributed by atoms with van der Waals surface area (Å²) in [5.41, 5.74) is 3.11. The Labute approximate surface area is 123 Å². The first-order valence-corrected chi connectivity index (χ1v) is 6.66. The average molecular weight is 284 g/mol. The Morgan fingerprint density at radius 3 is 2.62 bits per heavy atom. The molecule has 0 aliphatic heterocycles. The number of halogens is 1. The van der Waals surface area contributed by atoms with E-state index < -0.39 is 6.10 Å². The molecule has 0 heterocycles. The Hall–Kier alpha value is -2.38. The fourth-order valence-electron chi connectivity index (χ4n) is 2.23. The van der Waals surface area contributed by atoms with Crippen molar-refractivity contribution in [1.82, 2.24) is 0 Å². The maximum atomic E-state index is 13.7. The van der Waals surface area contributed by atoms with E-state index in [0.29, 0.717) is 16.7 Å². The molecular weight excluding hydrogens is 267 g/mol. The van der Waals surface area contributed by atoms with Gasteiger partial charge in [-0.1, -0.05) is 6.07 Å². The van der Waals surface area contributed by atoms with Gasteiger partial charge in [-0.05, 0) is 49.7 Å². The van der Waals surface area contributed by atoms with Gasteiger partial charge in [-0.2, -0.15) is 5.26 Å². The highest BCUT2D eigenvalue weighted by atomic mass is 19.1. The molecule has 0 saturated heterocycles. The maximum Gasteiger partial charge on any atom is 0.126 e. The Morgan fingerprint density at radius 1 is 1.29 bits per heavy atom. The van der Waals surface area contributed by atoms with E-state index in [-0.39, 0.29) is 5.82 Å². The molecule has 108 valence electrons. The highest BCUT2D eigenvalue weighted by molar-refractivity contribution is 5.68. The van der Waals surface area contributed by atoms with Crippen LogP contribution in [0.15, 0.2) is 36.4 Å². The van der Waals surface area contributed by atoms with Crippen LogP contribution in [0.5, 0.6) is 0 Å². The van der Waals surface area contributed by atoms with Crippen LogP contribution in [0.2, 0.25) is 0 Å². The van der Waals surface area contributed by atoms with Crippen molar-refractivity contribution in [3.05, 3.63) is 58.9 Å². The average Bonchev–Trinajstić information content (AvgIpc) is 2.48. The van der Waals surface area contributed by atoms with Gasteiger partial charge in [0, 0.05) is 24.0 Å². The quantitative estimate of drug-likeness (QED) is 0.931. The van der Waals surface area contributed by atoms with Crippen LogP contribution in [-0.4, -0.2) is 12.2 Å². The molecule has 21 heavy (non-hydrogen) atoms. The molecule has 0 aliphatic carbocycles. The zero-order chi connectivity index (χ0) is 15.6. The van der Waals surface area contributed by atoms with Gasteiger partial charge in [0.1, 0.15) is 5.82 Å². The van der Waals surface area contributed by atoms with Crippen LogP contribution < -0.4 is 4.90 Å². The van der Waals surface area contributed by atoms with Gasteiger partial charge in [-0.25, -0.2) is 4.39 Å². The Morgan fingerprint density at radius 2 is 2.00 bits per heavy atom. The van der Waals surface area contributed by atoms with Crippen LogP contribution in [-0.2, 0) is 0 Å². The molecule has 0 aliphatic rings. The molecular formula is C17H17FN2O. The van der Waals surface area contributed by atoms with Crippen molar-refractivity contribution < 1.29 is 9.50 Å². The van der Waals surface area contributed by atoms with Crippen molar-refractivity contribution in [2.75, 3.05) is 11.9 Å². The van der Waals surface area contributed by atoms with E-state index >= 15 is 0 Å². The molecule has 0 amide bonds. The minimum Gasteiger partial charge on any atom is -0.389 e. The molecule has 1 atom stereocenters. The summed E-state index contributed by atoms with van der Waals surface area (Å²) >= 11 is 0. The van der Waals surface area contributed by atoms with E-state index in [1.54, 1.807) is 38.1 Å². The summed E-state index contributed by atoms with van der Waals surface area (Å²) in [6.45, 7) is 3.29.